The Morgan fingerprint density at radius 2 is 1.64 bits per heavy atom. The quantitative estimate of drug-likeness (QED) is 0.441. The van der Waals surface area contributed by atoms with Gasteiger partial charge in [-0.2, -0.15) is 0 Å². The van der Waals surface area contributed by atoms with Gasteiger partial charge >= 0.3 is 0 Å². The maximum Gasteiger partial charge on any atom is 0.278 e. The number of hydrogen-bond donors (Lipinski definition) is 0. The third kappa shape index (κ3) is 4.87. The molecule has 0 bridgehead atoms. The topological polar surface area (TPSA) is 53.5 Å². The highest BCUT2D eigenvalue weighted by Crippen LogP contribution is 2.36. The van der Waals surface area contributed by atoms with Crippen LogP contribution in [0.5, 0.6) is 0 Å². The number of carbonyl (C=O) groups is 2. The minimum absolute atomic E-state index is 0.00505. The lowest BCUT2D eigenvalue weighted by Crippen LogP contribution is -2.42. The lowest BCUT2D eigenvalue weighted by Gasteiger charge is -2.28. The van der Waals surface area contributed by atoms with E-state index in [0.29, 0.717) is 24.4 Å². The number of imide groups is 1. The minimum Gasteiger partial charge on any atom is -0.366 e. The van der Waals surface area contributed by atoms with Crippen LogP contribution < -0.4 is 0 Å². The van der Waals surface area contributed by atoms with Crippen LogP contribution in [0.3, 0.4) is 0 Å². The zero-order chi connectivity index (χ0) is 23.4. The van der Waals surface area contributed by atoms with Gasteiger partial charge in [0.2, 0.25) is 0 Å². The smallest absolute Gasteiger partial charge is 0.278 e. The van der Waals surface area contributed by atoms with Crippen LogP contribution in [-0.2, 0) is 16.0 Å². The highest BCUT2D eigenvalue weighted by molar-refractivity contribution is 6.35. The summed E-state index contributed by atoms with van der Waals surface area (Å²) < 4.78 is 0. The van der Waals surface area contributed by atoms with Gasteiger partial charge in [0.05, 0.1) is 5.57 Å². The Hall–Kier alpha value is -2.95. The van der Waals surface area contributed by atoms with Gasteiger partial charge in [0, 0.05) is 31.5 Å². The van der Waals surface area contributed by atoms with E-state index in [4.69, 9.17) is 0 Å². The van der Waals surface area contributed by atoms with Crippen LogP contribution >= 0.6 is 0 Å². The largest absolute Gasteiger partial charge is 0.366 e. The van der Waals surface area contributed by atoms with E-state index < -0.39 is 0 Å². The van der Waals surface area contributed by atoms with Crippen LogP contribution in [-0.4, -0.2) is 45.7 Å². The van der Waals surface area contributed by atoms with Crippen molar-refractivity contribution >= 4 is 17.4 Å². The van der Waals surface area contributed by atoms with Crippen molar-refractivity contribution in [1.82, 2.24) is 14.8 Å². The lowest BCUT2D eigenvalue weighted by atomic mass is 9.99. The first kappa shape index (κ1) is 23.2. The third-order valence-corrected chi connectivity index (χ3v) is 7.19. The number of pyridine rings is 1. The fourth-order valence-corrected chi connectivity index (χ4v) is 5.07. The molecule has 33 heavy (non-hydrogen) atoms. The summed E-state index contributed by atoms with van der Waals surface area (Å²) in [7, 11) is 0. The summed E-state index contributed by atoms with van der Waals surface area (Å²) in [4.78, 5) is 35.5. The van der Waals surface area contributed by atoms with E-state index in [-0.39, 0.29) is 17.9 Å². The summed E-state index contributed by atoms with van der Waals surface area (Å²) in [5, 5.41) is 0. The first-order valence-corrected chi connectivity index (χ1v) is 12.3. The fraction of sp³-hybridized carbons (Fsp3) is 0.464. The molecule has 5 nitrogen and oxygen atoms in total. The van der Waals surface area contributed by atoms with Gasteiger partial charge in [-0.3, -0.25) is 19.5 Å². The van der Waals surface area contributed by atoms with Crippen LogP contribution in [0.1, 0.15) is 67.7 Å². The molecule has 1 aromatic carbocycles. The van der Waals surface area contributed by atoms with Crippen molar-refractivity contribution in [1.29, 1.82) is 0 Å². The maximum atomic E-state index is 13.9. The summed E-state index contributed by atoms with van der Waals surface area (Å²) in [6.45, 7) is 7.54. The number of amides is 2. The Labute approximate surface area is 197 Å². The molecule has 0 spiro atoms. The highest BCUT2D eigenvalue weighted by Gasteiger charge is 2.44. The SMILES string of the molecule is CCN(CCc1ccncc1)C1=C(c2ccc(C)c(C)c2)C(=O)N(C2CCCCCC2)C1=O. The first-order chi connectivity index (χ1) is 16.0. The molecule has 4 rings (SSSR count). The van der Waals surface area contributed by atoms with E-state index in [0.717, 1.165) is 43.2 Å². The van der Waals surface area contributed by atoms with Crippen molar-refractivity contribution < 1.29 is 9.59 Å². The van der Waals surface area contributed by atoms with Crippen molar-refractivity contribution in [2.24, 2.45) is 0 Å². The van der Waals surface area contributed by atoms with Gasteiger partial charge in [0.25, 0.3) is 11.8 Å². The Bertz CT molecular complexity index is 1040. The molecule has 0 unspecified atom stereocenters. The highest BCUT2D eigenvalue weighted by atomic mass is 16.2. The summed E-state index contributed by atoms with van der Waals surface area (Å²) in [5.74, 6) is -0.232. The Kier molecular flexibility index (Phi) is 7.26. The van der Waals surface area contributed by atoms with Crippen LogP contribution in [0.4, 0.5) is 0 Å². The van der Waals surface area contributed by atoms with Crippen LogP contribution in [0.15, 0.2) is 48.4 Å². The predicted octanol–water partition coefficient (Wildman–Crippen LogP) is 5.07. The average Bonchev–Trinajstić information content (AvgIpc) is 2.98. The number of likely N-dealkylation sites (N-methyl/N-ethyl adjacent to an activating group) is 1. The molecule has 1 saturated carbocycles. The summed E-state index contributed by atoms with van der Waals surface area (Å²) in [6.07, 6.45) is 10.7. The molecule has 2 amide bonds. The normalized spacial score (nSPS) is 17.6. The number of aryl methyl sites for hydroxylation is 2. The van der Waals surface area contributed by atoms with Gasteiger partial charge in [-0.15, -0.1) is 0 Å². The monoisotopic (exact) mass is 445 g/mol. The summed E-state index contributed by atoms with van der Waals surface area (Å²) >= 11 is 0. The zero-order valence-electron chi connectivity index (χ0n) is 20.1. The van der Waals surface area contributed by atoms with E-state index in [1.165, 1.54) is 24.0 Å². The molecule has 1 aromatic heterocycles. The number of benzene rings is 1. The average molecular weight is 446 g/mol. The van der Waals surface area contributed by atoms with Crippen molar-refractivity contribution in [3.8, 4) is 0 Å². The maximum absolute atomic E-state index is 13.9. The van der Waals surface area contributed by atoms with E-state index >= 15 is 0 Å². The van der Waals surface area contributed by atoms with E-state index in [1.54, 1.807) is 17.3 Å². The van der Waals surface area contributed by atoms with Crippen molar-refractivity contribution in [2.45, 2.75) is 71.8 Å². The van der Waals surface area contributed by atoms with Crippen LogP contribution in [0.25, 0.3) is 5.57 Å². The second-order valence-corrected chi connectivity index (χ2v) is 9.33. The molecule has 5 heteroatoms. The molecule has 2 aliphatic rings. The van der Waals surface area contributed by atoms with Crippen molar-refractivity contribution in [3.05, 3.63) is 70.7 Å². The Morgan fingerprint density at radius 1 is 0.939 bits per heavy atom. The molecule has 0 saturated heterocycles. The van der Waals surface area contributed by atoms with E-state index in [9.17, 15) is 9.59 Å². The first-order valence-electron chi connectivity index (χ1n) is 12.3. The van der Waals surface area contributed by atoms with Crippen molar-refractivity contribution in [2.75, 3.05) is 13.1 Å². The third-order valence-electron chi connectivity index (χ3n) is 7.19. The molecule has 2 heterocycles. The van der Waals surface area contributed by atoms with Gasteiger partial charge in [0.1, 0.15) is 5.70 Å². The number of carbonyl (C=O) groups excluding carboxylic acids is 2. The van der Waals surface area contributed by atoms with Crippen LogP contribution in [0, 0.1) is 13.8 Å². The Morgan fingerprint density at radius 3 is 2.27 bits per heavy atom. The van der Waals surface area contributed by atoms with E-state index in [1.807, 2.05) is 18.2 Å². The standard InChI is InChI=1S/C28H35N3O2/c1-4-30(18-15-22-13-16-29-17-14-22)26-25(23-12-11-20(2)21(3)19-23)27(32)31(28(26)33)24-9-7-5-6-8-10-24/h11-14,16-17,19,24H,4-10,15,18H2,1-3H3. The zero-order valence-corrected chi connectivity index (χ0v) is 20.1. The van der Waals surface area contributed by atoms with Crippen LogP contribution in [0.2, 0.25) is 0 Å². The molecule has 0 atom stereocenters. The van der Waals surface area contributed by atoms with Gasteiger partial charge in [-0.1, -0.05) is 43.9 Å². The van der Waals surface area contributed by atoms with Gasteiger partial charge in [-0.25, -0.2) is 0 Å². The number of nitrogens with zero attached hydrogens (tertiary/aromatic N) is 3. The molecule has 174 valence electrons. The number of aromatic nitrogens is 1. The summed E-state index contributed by atoms with van der Waals surface area (Å²) in [6, 6.07) is 10.1. The van der Waals surface area contributed by atoms with Gasteiger partial charge in [-0.05, 0) is 74.4 Å². The fourth-order valence-electron chi connectivity index (χ4n) is 5.07. The van der Waals surface area contributed by atoms with Gasteiger partial charge < -0.3 is 4.90 Å². The molecule has 1 aliphatic heterocycles. The second-order valence-electron chi connectivity index (χ2n) is 9.33. The summed E-state index contributed by atoms with van der Waals surface area (Å²) in [5.41, 5.74) is 5.49. The second kappa shape index (κ2) is 10.3. The lowest BCUT2D eigenvalue weighted by molar-refractivity contribution is -0.140. The number of hydrogen-bond acceptors (Lipinski definition) is 4. The Balaban J connectivity index is 1.72. The van der Waals surface area contributed by atoms with Crippen molar-refractivity contribution in [3.63, 3.8) is 0 Å². The number of rotatable bonds is 7. The minimum atomic E-state index is -0.118. The molecular weight excluding hydrogens is 410 g/mol. The predicted molar refractivity (Wildman–Crippen MR) is 131 cm³/mol. The molecule has 0 radical (unpaired) electrons. The molecule has 0 N–H and O–H groups in total. The molecule has 1 aliphatic carbocycles. The van der Waals surface area contributed by atoms with Gasteiger partial charge in [0.15, 0.2) is 0 Å². The molecule has 2 aromatic rings. The molecule has 1 fully saturated rings. The molecular formula is C28H35N3O2. The van der Waals surface area contributed by atoms with E-state index in [2.05, 4.69) is 42.8 Å².